The Balaban J connectivity index is 1.39. The lowest BCUT2D eigenvalue weighted by Crippen LogP contribution is -2.44. The van der Waals surface area contributed by atoms with Crippen LogP contribution in [-0.4, -0.2) is 70.5 Å². The maximum absolute atomic E-state index is 10.6. The van der Waals surface area contributed by atoms with Crippen LogP contribution in [0.4, 0.5) is 5.69 Å². The average molecular weight is 437 g/mol. The van der Waals surface area contributed by atoms with E-state index in [4.69, 9.17) is 17.0 Å². The predicted octanol–water partition coefficient (Wildman–Crippen LogP) is 3.73. The second kappa shape index (κ2) is 7.90. The Morgan fingerprint density at radius 3 is 2.68 bits per heavy atom. The topological polar surface area (TPSA) is 82.5 Å². The molecule has 5 rings (SSSR count). The molecule has 0 spiro atoms. The van der Waals surface area contributed by atoms with Gasteiger partial charge in [0.1, 0.15) is 17.4 Å². The summed E-state index contributed by atoms with van der Waals surface area (Å²) in [6, 6.07) is 13.8. The van der Waals surface area contributed by atoms with Crippen molar-refractivity contribution in [2.24, 2.45) is 0 Å². The third kappa shape index (κ3) is 3.75. The fraction of sp³-hybridized carbons (Fsp3) is 0.304. The molecule has 160 valence electrons. The number of nitrogens with one attached hydrogen (secondary N) is 2. The Morgan fingerprint density at radius 1 is 1.13 bits per heavy atom. The van der Waals surface area contributed by atoms with Gasteiger partial charge in [0.05, 0.1) is 23.2 Å². The number of imidazole rings is 1. The molecule has 2 aromatic carbocycles. The van der Waals surface area contributed by atoms with Gasteiger partial charge in [-0.3, -0.25) is 5.41 Å². The van der Waals surface area contributed by atoms with Crippen molar-refractivity contribution < 1.29 is 5.11 Å². The zero-order valence-corrected chi connectivity index (χ0v) is 18.2. The van der Waals surface area contributed by atoms with Crippen LogP contribution in [0, 0.1) is 5.41 Å². The molecule has 1 aromatic heterocycles. The van der Waals surface area contributed by atoms with Crippen LogP contribution in [-0.2, 0) is 6.54 Å². The number of aromatic amines is 1. The molecule has 0 radical (unpaired) electrons. The van der Waals surface area contributed by atoms with Crippen LogP contribution in [0.1, 0.15) is 11.4 Å². The molecule has 31 heavy (non-hydrogen) atoms. The van der Waals surface area contributed by atoms with E-state index in [1.807, 2.05) is 30.3 Å². The zero-order valence-electron chi connectivity index (χ0n) is 17.4. The van der Waals surface area contributed by atoms with Crippen LogP contribution in [0.5, 0.6) is 0 Å². The number of amidine groups is 1. The standard InChI is InChI=1S/C23H25ClN6O/c1-28-8-10-29(11-9-28)16-6-7-18-19(12-16)27-23(26-18)21-20(31)14-30(22(21)25)13-15-4-2-3-5-17(15)24/h2-7,12,25,31H,8-11,13-14H2,1H3,(H,26,27). The summed E-state index contributed by atoms with van der Waals surface area (Å²) in [4.78, 5) is 14.5. The molecular formula is C23H25ClN6O. The van der Waals surface area contributed by atoms with Gasteiger partial charge in [0.2, 0.25) is 0 Å². The summed E-state index contributed by atoms with van der Waals surface area (Å²) >= 11 is 6.28. The van der Waals surface area contributed by atoms with Gasteiger partial charge < -0.3 is 24.8 Å². The molecule has 8 heteroatoms. The minimum atomic E-state index is 0.149. The quantitative estimate of drug-likeness (QED) is 0.580. The number of hydrogen-bond acceptors (Lipinski definition) is 5. The number of H-pyrrole nitrogens is 1. The monoisotopic (exact) mass is 436 g/mol. The Kier molecular flexibility index (Phi) is 5.08. The largest absolute Gasteiger partial charge is 0.510 e. The maximum Gasteiger partial charge on any atom is 0.145 e. The molecule has 3 N–H and O–H groups in total. The van der Waals surface area contributed by atoms with Gasteiger partial charge in [-0.25, -0.2) is 4.98 Å². The van der Waals surface area contributed by atoms with Crippen molar-refractivity contribution in [2.75, 3.05) is 44.7 Å². The molecule has 1 fully saturated rings. The highest BCUT2D eigenvalue weighted by atomic mass is 35.5. The molecule has 0 unspecified atom stereocenters. The summed E-state index contributed by atoms with van der Waals surface area (Å²) < 4.78 is 0. The number of anilines is 1. The number of fused-ring (bicyclic) bond motifs is 1. The fourth-order valence-corrected chi connectivity index (χ4v) is 4.42. The van der Waals surface area contributed by atoms with Crippen molar-refractivity contribution >= 4 is 39.7 Å². The highest BCUT2D eigenvalue weighted by Crippen LogP contribution is 2.30. The number of aromatic nitrogens is 2. The van der Waals surface area contributed by atoms with Gasteiger partial charge in [-0.05, 0) is 36.9 Å². The molecule has 3 aromatic rings. The van der Waals surface area contributed by atoms with E-state index in [1.54, 1.807) is 4.90 Å². The Hall–Kier alpha value is -3.03. The van der Waals surface area contributed by atoms with Gasteiger partial charge in [-0.2, -0.15) is 0 Å². The van der Waals surface area contributed by atoms with Crippen LogP contribution in [0.3, 0.4) is 0 Å². The summed E-state index contributed by atoms with van der Waals surface area (Å²) in [6.45, 7) is 4.81. The van der Waals surface area contributed by atoms with E-state index in [0.29, 0.717) is 23.0 Å². The van der Waals surface area contributed by atoms with E-state index in [0.717, 1.165) is 48.5 Å². The lowest BCUT2D eigenvalue weighted by atomic mass is 10.2. The molecule has 0 atom stereocenters. The summed E-state index contributed by atoms with van der Waals surface area (Å²) in [7, 11) is 2.15. The van der Waals surface area contributed by atoms with Gasteiger partial charge in [0.25, 0.3) is 0 Å². The van der Waals surface area contributed by atoms with E-state index in [2.05, 4.69) is 38.9 Å². The van der Waals surface area contributed by atoms with Crippen LogP contribution < -0.4 is 4.90 Å². The first-order valence-electron chi connectivity index (χ1n) is 10.4. The highest BCUT2D eigenvalue weighted by Gasteiger charge is 2.30. The lowest BCUT2D eigenvalue weighted by molar-refractivity contribution is 0.313. The van der Waals surface area contributed by atoms with Crippen molar-refractivity contribution in [2.45, 2.75) is 6.54 Å². The van der Waals surface area contributed by atoms with Gasteiger partial charge in [0.15, 0.2) is 0 Å². The van der Waals surface area contributed by atoms with Gasteiger partial charge >= 0.3 is 0 Å². The first-order valence-corrected chi connectivity index (χ1v) is 10.8. The van der Waals surface area contributed by atoms with Crippen molar-refractivity contribution in [1.82, 2.24) is 19.8 Å². The Labute approximate surface area is 186 Å². The maximum atomic E-state index is 10.6. The number of benzene rings is 2. The minimum absolute atomic E-state index is 0.149. The van der Waals surface area contributed by atoms with Gasteiger partial charge in [0, 0.05) is 43.4 Å². The molecule has 0 saturated carbocycles. The number of likely N-dealkylation sites (N-methyl/N-ethyl adjacent to an activating group) is 1. The Morgan fingerprint density at radius 2 is 1.90 bits per heavy atom. The third-order valence-electron chi connectivity index (χ3n) is 6.07. The first-order chi connectivity index (χ1) is 15.0. The van der Waals surface area contributed by atoms with Crippen molar-refractivity contribution in [1.29, 1.82) is 5.41 Å². The number of hydrogen-bond donors (Lipinski definition) is 3. The number of rotatable bonds is 4. The van der Waals surface area contributed by atoms with Crippen LogP contribution in [0.15, 0.2) is 48.2 Å². The average Bonchev–Trinajstić information content (AvgIpc) is 3.29. The molecule has 3 heterocycles. The van der Waals surface area contributed by atoms with Crippen molar-refractivity contribution in [3.8, 4) is 0 Å². The molecule has 2 aliphatic rings. The number of aliphatic hydroxyl groups excluding tert-OH is 1. The summed E-state index contributed by atoms with van der Waals surface area (Å²) in [5.74, 6) is 0.917. The van der Waals surface area contributed by atoms with E-state index in [9.17, 15) is 5.11 Å². The molecule has 0 bridgehead atoms. The highest BCUT2D eigenvalue weighted by molar-refractivity contribution is 6.31. The molecule has 2 aliphatic heterocycles. The third-order valence-corrected chi connectivity index (χ3v) is 6.44. The van der Waals surface area contributed by atoms with Crippen LogP contribution in [0.2, 0.25) is 5.02 Å². The summed E-state index contributed by atoms with van der Waals surface area (Å²) in [6.07, 6.45) is 0. The fourth-order valence-electron chi connectivity index (χ4n) is 4.23. The number of aliphatic hydroxyl groups is 1. The molecule has 7 nitrogen and oxygen atoms in total. The zero-order chi connectivity index (χ0) is 21.5. The van der Waals surface area contributed by atoms with Crippen LogP contribution >= 0.6 is 11.6 Å². The Bertz CT molecular complexity index is 1180. The SMILES string of the molecule is CN1CCN(c2ccc3nc(C4=C(O)CN(Cc5ccccc5Cl)C4=N)[nH]c3c2)CC1. The lowest BCUT2D eigenvalue weighted by Gasteiger charge is -2.34. The number of nitrogens with zero attached hydrogens (tertiary/aromatic N) is 4. The van der Waals surface area contributed by atoms with Crippen molar-refractivity contribution in [3.63, 3.8) is 0 Å². The summed E-state index contributed by atoms with van der Waals surface area (Å²) in [5.41, 5.74) is 4.26. The number of halogens is 1. The second-order valence-electron chi connectivity index (χ2n) is 8.19. The molecule has 0 amide bonds. The second-order valence-corrected chi connectivity index (χ2v) is 8.60. The van der Waals surface area contributed by atoms with E-state index >= 15 is 0 Å². The van der Waals surface area contributed by atoms with Crippen LogP contribution in [0.25, 0.3) is 16.6 Å². The van der Waals surface area contributed by atoms with E-state index in [1.165, 1.54) is 0 Å². The van der Waals surface area contributed by atoms with E-state index < -0.39 is 0 Å². The first kappa shape index (κ1) is 19.9. The summed E-state index contributed by atoms with van der Waals surface area (Å²) in [5, 5.41) is 19.9. The predicted molar refractivity (Wildman–Crippen MR) is 125 cm³/mol. The smallest absolute Gasteiger partial charge is 0.145 e. The van der Waals surface area contributed by atoms with Crippen molar-refractivity contribution in [3.05, 3.63) is 64.6 Å². The number of piperazine rings is 1. The van der Waals surface area contributed by atoms with Gasteiger partial charge in [-0.15, -0.1) is 0 Å². The molecular weight excluding hydrogens is 412 g/mol. The van der Waals surface area contributed by atoms with Gasteiger partial charge in [-0.1, -0.05) is 29.8 Å². The van der Waals surface area contributed by atoms with E-state index in [-0.39, 0.29) is 18.1 Å². The minimum Gasteiger partial charge on any atom is -0.510 e. The molecule has 1 saturated heterocycles. The molecule has 0 aliphatic carbocycles. The normalized spacial score (nSPS) is 17.9.